The van der Waals surface area contributed by atoms with Crippen LogP contribution in [0.5, 0.6) is 0 Å². The molecule has 0 aromatic heterocycles. The van der Waals surface area contributed by atoms with Gasteiger partial charge in [0.05, 0.1) is 11.4 Å². The molecule has 0 unspecified atom stereocenters. The summed E-state index contributed by atoms with van der Waals surface area (Å²) in [5.74, 6) is 0. The van der Waals surface area contributed by atoms with Crippen LogP contribution in [0.3, 0.4) is 0 Å². The van der Waals surface area contributed by atoms with E-state index in [0.29, 0.717) is 0 Å². The van der Waals surface area contributed by atoms with E-state index in [4.69, 9.17) is 0 Å². The van der Waals surface area contributed by atoms with Gasteiger partial charge in [-0.3, -0.25) is 0 Å². The summed E-state index contributed by atoms with van der Waals surface area (Å²) in [5.41, 5.74) is 12.7. The second-order valence-electron chi connectivity index (χ2n) is 15.7. The van der Waals surface area contributed by atoms with E-state index >= 15 is 0 Å². The number of para-hydroxylation sites is 1. The Morgan fingerprint density at radius 1 is 0.226 bits per heavy atom. The van der Waals surface area contributed by atoms with Crippen molar-refractivity contribution < 1.29 is 0 Å². The van der Waals surface area contributed by atoms with Crippen molar-refractivity contribution in [3.05, 3.63) is 273 Å². The molecule has 0 heterocycles. The first-order valence-electron chi connectivity index (χ1n) is 21.3. The van der Waals surface area contributed by atoms with Gasteiger partial charge in [0.25, 0.3) is 0 Å². The minimum Gasteiger partial charge on any atom is -0.309 e. The van der Waals surface area contributed by atoms with Gasteiger partial charge >= 0.3 is 0 Å². The van der Waals surface area contributed by atoms with Crippen LogP contribution in [-0.4, -0.2) is 8.07 Å². The largest absolute Gasteiger partial charge is 0.309 e. The van der Waals surface area contributed by atoms with E-state index in [1.807, 2.05) is 0 Å². The van der Waals surface area contributed by atoms with Crippen LogP contribution in [0.15, 0.2) is 273 Å². The predicted octanol–water partition coefficient (Wildman–Crippen LogP) is 13.2. The monoisotopic (exact) mass is 807 g/mol. The van der Waals surface area contributed by atoms with E-state index in [1.54, 1.807) is 0 Å². The SMILES string of the molecule is c1ccc(-c2ccc(N(c3ccc(-c4ccc([Si](c5ccccc5)(c5ccccc5)c5ccccc5)cc4)cc3)c3ccccc3-c3ccccc3)c(-c3ccccc3)c2)cc1. The van der Waals surface area contributed by atoms with Gasteiger partial charge in [-0.05, 0) is 84.5 Å². The van der Waals surface area contributed by atoms with Gasteiger partial charge in [-0.15, -0.1) is 0 Å². The molecule has 0 aliphatic rings. The van der Waals surface area contributed by atoms with E-state index in [0.717, 1.165) is 22.6 Å². The van der Waals surface area contributed by atoms with Crippen LogP contribution in [0.25, 0.3) is 44.5 Å². The molecule has 2 heteroatoms. The van der Waals surface area contributed by atoms with Crippen LogP contribution in [-0.2, 0) is 0 Å². The van der Waals surface area contributed by atoms with Crippen LogP contribution in [0, 0.1) is 0 Å². The molecule has 0 aliphatic heterocycles. The molecule has 62 heavy (non-hydrogen) atoms. The minimum atomic E-state index is -2.62. The standard InChI is InChI=1S/C60H45NSi/c1-7-21-46(22-8-1)51-39-44-60(58(45-51)50-25-11-3-12-26-50)61(59-34-20-19-33-57(59)49-23-9-2-10-24-49)52-40-35-47(36-41-52)48-37-42-56(43-38-48)62(53-27-13-4-14-28-53,54-29-15-5-16-30-54)55-31-17-6-18-32-55/h1-45H. The molecule has 0 saturated carbocycles. The molecule has 0 spiro atoms. The smallest absolute Gasteiger partial charge is 0.179 e. The second kappa shape index (κ2) is 17.4. The number of rotatable bonds is 11. The van der Waals surface area contributed by atoms with Crippen molar-refractivity contribution in [1.82, 2.24) is 0 Å². The lowest BCUT2D eigenvalue weighted by atomic mass is 9.95. The number of nitrogens with zero attached hydrogens (tertiary/aromatic N) is 1. The fourth-order valence-corrected chi connectivity index (χ4v) is 13.9. The molecule has 0 amide bonds. The molecule has 0 saturated heterocycles. The third-order valence-corrected chi connectivity index (χ3v) is 16.9. The Morgan fingerprint density at radius 2 is 0.565 bits per heavy atom. The highest BCUT2D eigenvalue weighted by Gasteiger charge is 2.41. The number of benzene rings is 10. The normalized spacial score (nSPS) is 11.2. The summed E-state index contributed by atoms with van der Waals surface area (Å²) in [4.78, 5) is 2.44. The van der Waals surface area contributed by atoms with Gasteiger partial charge in [0.15, 0.2) is 8.07 Å². The van der Waals surface area contributed by atoms with Crippen molar-refractivity contribution in [1.29, 1.82) is 0 Å². The van der Waals surface area contributed by atoms with E-state index in [9.17, 15) is 0 Å². The van der Waals surface area contributed by atoms with Crippen LogP contribution < -0.4 is 25.6 Å². The lowest BCUT2D eigenvalue weighted by Crippen LogP contribution is -2.74. The zero-order valence-corrected chi connectivity index (χ0v) is 35.4. The maximum atomic E-state index is 2.44. The van der Waals surface area contributed by atoms with Crippen molar-refractivity contribution in [2.75, 3.05) is 4.90 Å². The molecule has 10 aromatic rings. The van der Waals surface area contributed by atoms with Crippen LogP contribution in [0.2, 0.25) is 0 Å². The molecular weight excluding hydrogens is 763 g/mol. The van der Waals surface area contributed by atoms with Crippen molar-refractivity contribution in [2.45, 2.75) is 0 Å². The summed E-state index contributed by atoms with van der Waals surface area (Å²) in [7, 11) is -2.62. The molecule has 0 N–H and O–H groups in total. The lowest BCUT2D eigenvalue weighted by molar-refractivity contribution is 1.28. The Hall–Kier alpha value is -7.78. The fraction of sp³-hybridized carbons (Fsp3) is 0. The van der Waals surface area contributed by atoms with Crippen molar-refractivity contribution in [2.24, 2.45) is 0 Å². The van der Waals surface area contributed by atoms with Gasteiger partial charge in [0.1, 0.15) is 0 Å². The lowest BCUT2D eigenvalue weighted by Gasteiger charge is -2.34. The van der Waals surface area contributed by atoms with E-state index in [1.165, 1.54) is 59.7 Å². The molecule has 294 valence electrons. The molecule has 0 bridgehead atoms. The summed E-state index contributed by atoms with van der Waals surface area (Å²) < 4.78 is 0. The Balaban J connectivity index is 1.10. The molecule has 10 rings (SSSR count). The van der Waals surface area contributed by atoms with Crippen molar-refractivity contribution in [3.8, 4) is 44.5 Å². The summed E-state index contributed by atoms with van der Waals surface area (Å²) in [6, 6.07) is 99.7. The Bertz CT molecular complexity index is 2910. The van der Waals surface area contributed by atoms with E-state index in [-0.39, 0.29) is 0 Å². The first-order valence-corrected chi connectivity index (χ1v) is 23.3. The first kappa shape index (κ1) is 38.4. The van der Waals surface area contributed by atoms with Gasteiger partial charge in [-0.25, -0.2) is 0 Å². The summed E-state index contributed by atoms with van der Waals surface area (Å²) >= 11 is 0. The van der Waals surface area contributed by atoms with Gasteiger partial charge < -0.3 is 4.90 Å². The Labute approximate surface area is 366 Å². The predicted molar refractivity (Wildman–Crippen MR) is 266 cm³/mol. The highest BCUT2D eigenvalue weighted by atomic mass is 28.3. The average Bonchev–Trinajstić information content (AvgIpc) is 3.37. The van der Waals surface area contributed by atoms with Crippen LogP contribution in [0.1, 0.15) is 0 Å². The first-order chi connectivity index (χ1) is 30.8. The number of hydrogen-bond donors (Lipinski definition) is 0. The van der Waals surface area contributed by atoms with E-state index in [2.05, 4.69) is 278 Å². The molecule has 1 nitrogen and oxygen atoms in total. The second-order valence-corrected chi connectivity index (χ2v) is 19.5. The number of hydrogen-bond acceptors (Lipinski definition) is 1. The quantitative estimate of drug-likeness (QED) is 0.0929. The molecule has 0 radical (unpaired) electrons. The Kier molecular flexibility index (Phi) is 10.8. The topological polar surface area (TPSA) is 3.24 Å². The third-order valence-electron chi connectivity index (χ3n) is 12.1. The molecule has 10 aromatic carbocycles. The maximum Gasteiger partial charge on any atom is 0.179 e. The minimum absolute atomic E-state index is 1.09. The fourth-order valence-electron chi connectivity index (χ4n) is 9.11. The zero-order chi connectivity index (χ0) is 41.6. The molecular formula is C60H45NSi. The van der Waals surface area contributed by atoms with E-state index < -0.39 is 8.07 Å². The zero-order valence-electron chi connectivity index (χ0n) is 34.4. The summed E-state index contributed by atoms with van der Waals surface area (Å²) in [5, 5.41) is 5.48. The number of anilines is 3. The van der Waals surface area contributed by atoms with Crippen LogP contribution in [0.4, 0.5) is 17.1 Å². The van der Waals surface area contributed by atoms with Gasteiger partial charge in [0, 0.05) is 16.8 Å². The van der Waals surface area contributed by atoms with Crippen molar-refractivity contribution in [3.63, 3.8) is 0 Å². The summed E-state index contributed by atoms with van der Waals surface area (Å²) in [6.07, 6.45) is 0. The van der Waals surface area contributed by atoms with Crippen molar-refractivity contribution >= 4 is 45.9 Å². The molecule has 0 atom stereocenters. The Morgan fingerprint density at radius 3 is 1.06 bits per heavy atom. The van der Waals surface area contributed by atoms with Gasteiger partial charge in [0.2, 0.25) is 0 Å². The van der Waals surface area contributed by atoms with Gasteiger partial charge in [-0.1, -0.05) is 243 Å². The molecule has 0 aliphatic carbocycles. The third kappa shape index (κ3) is 7.38. The highest BCUT2D eigenvalue weighted by molar-refractivity contribution is 7.19. The summed E-state index contributed by atoms with van der Waals surface area (Å²) in [6.45, 7) is 0. The van der Waals surface area contributed by atoms with Crippen LogP contribution >= 0.6 is 0 Å². The molecule has 0 fully saturated rings. The maximum absolute atomic E-state index is 2.62. The van der Waals surface area contributed by atoms with Gasteiger partial charge in [-0.2, -0.15) is 0 Å². The average molecular weight is 808 g/mol. The highest BCUT2D eigenvalue weighted by Crippen LogP contribution is 2.46.